The van der Waals surface area contributed by atoms with Crippen LogP contribution in [-0.2, 0) is 4.79 Å². The van der Waals surface area contributed by atoms with Gasteiger partial charge in [-0.3, -0.25) is 0 Å². The van der Waals surface area contributed by atoms with E-state index in [-0.39, 0.29) is 0 Å². The molecular formula is C10H10O2S. The number of hydrogen-bond acceptors (Lipinski definition) is 2. The summed E-state index contributed by atoms with van der Waals surface area (Å²) < 4.78 is 0. The van der Waals surface area contributed by atoms with Crippen LogP contribution < -0.4 is 0 Å². The van der Waals surface area contributed by atoms with E-state index in [9.17, 15) is 4.79 Å². The van der Waals surface area contributed by atoms with Gasteiger partial charge in [0, 0.05) is 11.0 Å². The summed E-state index contributed by atoms with van der Waals surface area (Å²) in [6.07, 6.45) is 1.14. The third kappa shape index (κ3) is 3.34. The maximum Gasteiger partial charge on any atom is 0.328 e. The molecule has 2 nitrogen and oxygen atoms in total. The normalized spacial score (nSPS) is 10.5. The van der Waals surface area contributed by atoms with Crippen molar-refractivity contribution in [3.63, 3.8) is 0 Å². The van der Waals surface area contributed by atoms with Crippen molar-refractivity contribution in [2.24, 2.45) is 0 Å². The molecule has 0 aliphatic rings. The van der Waals surface area contributed by atoms with Crippen LogP contribution in [0.4, 0.5) is 0 Å². The van der Waals surface area contributed by atoms with Crippen molar-refractivity contribution in [1.82, 2.24) is 0 Å². The van der Waals surface area contributed by atoms with E-state index in [2.05, 4.69) is 0 Å². The fraction of sp³-hybridized carbons (Fsp3) is 0.100. The number of hydrogen-bond donors (Lipinski definition) is 1. The summed E-state index contributed by atoms with van der Waals surface area (Å²) in [5, 5.41) is 9.93. The van der Waals surface area contributed by atoms with Gasteiger partial charge in [0.15, 0.2) is 0 Å². The molecule has 0 heterocycles. The van der Waals surface area contributed by atoms with Gasteiger partial charge in [0.25, 0.3) is 0 Å². The summed E-state index contributed by atoms with van der Waals surface area (Å²) in [4.78, 5) is 11.3. The molecule has 68 valence electrons. The van der Waals surface area contributed by atoms with Crippen molar-refractivity contribution < 1.29 is 9.90 Å². The fourth-order valence-corrected chi connectivity index (χ4v) is 1.60. The number of aryl methyl sites for hydroxylation is 1. The van der Waals surface area contributed by atoms with Crippen molar-refractivity contribution >= 4 is 17.7 Å². The molecule has 1 N–H and O–H groups in total. The molecule has 0 aliphatic carbocycles. The first-order valence-electron chi connectivity index (χ1n) is 3.82. The Balaban J connectivity index is 2.64. The van der Waals surface area contributed by atoms with E-state index in [1.165, 1.54) is 11.8 Å². The van der Waals surface area contributed by atoms with Crippen LogP contribution in [0.3, 0.4) is 0 Å². The van der Waals surface area contributed by atoms with Crippen LogP contribution in [0.25, 0.3) is 0 Å². The van der Waals surface area contributed by atoms with Gasteiger partial charge in [0.1, 0.15) is 0 Å². The van der Waals surface area contributed by atoms with Gasteiger partial charge in [0.05, 0.1) is 0 Å². The summed E-state index contributed by atoms with van der Waals surface area (Å²) in [5.41, 5.74) is 1.16. The number of thioether (sulfide) groups is 1. The average molecular weight is 194 g/mol. The van der Waals surface area contributed by atoms with Gasteiger partial charge in [-0.05, 0) is 24.0 Å². The zero-order chi connectivity index (χ0) is 9.68. The third-order valence-corrected chi connectivity index (χ3v) is 2.48. The van der Waals surface area contributed by atoms with Crippen LogP contribution in [0.5, 0.6) is 0 Å². The number of benzene rings is 1. The van der Waals surface area contributed by atoms with Crippen molar-refractivity contribution in [2.75, 3.05) is 0 Å². The number of rotatable bonds is 3. The van der Waals surface area contributed by atoms with Crippen molar-refractivity contribution in [3.05, 3.63) is 41.3 Å². The Morgan fingerprint density at radius 2 is 2.15 bits per heavy atom. The van der Waals surface area contributed by atoms with Gasteiger partial charge in [-0.15, -0.1) is 0 Å². The van der Waals surface area contributed by atoms with Crippen molar-refractivity contribution in [1.29, 1.82) is 0 Å². The Kier molecular flexibility index (Phi) is 3.58. The van der Waals surface area contributed by atoms with Crippen molar-refractivity contribution in [3.8, 4) is 0 Å². The predicted molar refractivity (Wildman–Crippen MR) is 53.8 cm³/mol. The molecule has 0 saturated carbocycles. The lowest BCUT2D eigenvalue weighted by atomic mass is 10.2. The summed E-state index contributed by atoms with van der Waals surface area (Å²) in [6.45, 7) is 2.00. The Bertz CT molecular complexity index is 331. The highest BCUT2D eigenvalue weighted by atomic mass is 32.2. The monoisotopic (exact) mass is 194 g/mol. The van der Waals surface area contributed by atoms with E-state index in [0.29, 0.717) is 0 Å². The van der Waals surface area contributed by atoms with Gasteiger partial charge >= 0.3 is 5.97 Å². The third-order valence-electron chi connectivity index (χ3n) is 1.50. The molecule has 1 aromatic carbocycles. The maximum absolute atomic E-state index is 10.2. The van der Waals surface area contributed by atoms with Crippen molar-refractivity contribution in [2.45, 2.75) is 11.8 Å². The van der Waals surface area contributed by atoms with Gasteiger partial charge < -0.3 is 5.11 Å². The van der Waals surface area contributed by atoms with Crippen LogP contribution in [0.1, 0.15) is 5.56 Å². The molecule has 1 rings (SSSR count). The van der Waals surface area contributed by atoms with Crippen LogP contribution in [-0.4, -0.2) is 11.1 Å². The van der Waals surface area contributed by atoms with Crippen LogP contribution >= 0.6 is 11.8 Å². The van der Waals surface area contributed by atoms with E-state index >= 15 is 0 Å². The lowest BCUT2D eigenvalue weighted by Gasteiger charge is -1.99. The predicted octanol–water partition coefficient (Wildman–Crippen LogP) is 2.69. The summed E-state index contributed by atoms with van der Waals surface area (Å²) in [6, 6.07) is 7.85. The topological polar surface area (TPSA) is 37.3 Å². The highest BCUT2D eigenvalue weighted by molar-refractivity contribution is 8.02. The number of carboxylic acids is 1. The lowest BCUT2D eigenvalue weighted by molar-refractivity contribution is -0.131. The minimum atomic E-state index is -0.916. The SMILES string of the molecule is Cc1ccccc1S/C=C\C(=O)O. The second kappa shape index (κ2) is 4.72. The average Bonchev–Trinajstić information content (AvgIpc) is 2.08. The summed E-state index contributed by atoms with van der Waals surface area (Å²) in [5.74, 6) is -0.916. The first-order chi connectivity index (χ1) is 6.20. The van der Waals surface area contributed by atoms with E-state index in [1.54, 1.807) is 5.41 Å². The minimum Gasteiger partial charge on any atom is -0.478 e. The molecule has 0 radical (unpaired) electrons. The highest BCUT2D eigenvalue weighted by Gasteiger charge is 1.94. The van der Waals surface area contributed by atoms with E-state index in [1.807, 2.05) is 31.2 Å². The number of carboxylic acid groups (broad SMARTS) is 1. The fourth-order valence-electron chi connectivity index (χ4n) is 0.854. The van der Waals surface area contributed by atoms with Crippen LogP contribution in [0.2, 0.25) is 0 Å². The van der Waals surface area contributed by atoms with Crippen LogP contribution in [0, 0.1) is 6.92 Å². The Hall–Kier alpha value is -1.22. The minimum absolute atomic E-state index is 0.916. The highest BCUT2D eigenvalue weighted by Crippen LogP contribution is 2.22. The van der Waals surface area contributed by atoms with Gasteiger partial charge in [0.2, 0.25) is 0 Å². The smallest absolute Gasteiger partial charge is 0.328 e. The molecule has 0 saturated heterocycles. The Labute approximate surface area is 81.3 Å². The zero-order valence-electron chi connectivity index (χ0n) is 7.23. The maximum atomic E-state index is 10.2. The summed E-state index contributed by atoms with van der Waals surface area (Å²) >= 11 is 1.41. The first-order valence-corrected chi connectivity index (χ1v) is 4.70. The van der Waals surface area contributed by atoms with Crippen LogP contribution in [0.15, 0.2) is 40.6 Å². The van der Waals surface area contributed by atoms with Gasteiger partial charge in [-0.1, -0.05) is 30.0 Å². The molecule has 0 aliphatic heterocycles. The quantitative estimate of drug-likeness (QED) is 0.593. The standard InChI is InChI=1S/C10H10O2S/c1-8-4-2-3-5-9(8)13-7-6-10(11)12/h2-7H,1H3,(H,11,12)/b7-6-. The van der Waals surface area contributed by atoms with E-state index in [0.717, 1.165) is 16.5 Å². The second-order valence-electron chi connectivity index (χ2n) is 2.52. The molecular weight excluding hydrogens is 184 g/mol. The first kappa shape index (κ1) is 9.86. The molecule has 3 heteroatoms. The largest absolute Gasteiger partial charge is 0.478 e. The number of carbonyl (C=O) groups is 1. The molecule has 0 amide bonds. The Morgan fingerprint density at radius 1 is 1.46 bits per heavy atom. The second-order valence-corrected chi connectivity index (χ2v) is 3.47. The van der Waals surface area contributed by atoms with Gasteiger partial charge in [-0.2, -0.15) is 0 Å². The molecule has 13 heavy (non-hydrogen) atoms. The van der Waals surface area contributed by atoms with E-state index < -0.39 is 5.97 Å². The Morgan fingerprint density at radius 3 is 2.77 bits per heavy atom. The molecule has 0 fully saturated rings. The lowest BCUT2D eigenvalue weighted by Crippen LogP contribution is -1.84. The van der Waals surface area contributed by atoms with E-state index in [4.69, 9.17) is 5.11 Å². The molecule has 0 atom stereocenters. The summed E-state index contributed by atoms with van der Waals surface area (Å²) in [7, 11) is 0. The number of aliphatic carboxylic acids is 1. The molecule has 0 aromatic heterocycles. The molecule has 0 unspecified atom stereocenters. The zero-order valence-corrected chi connectivity index (χ0v) is 8.04. The molecule has 0 spiro atoms. The van der Waals surface area contributed by atoms with Gasteiger partial charge in [-0.25, -0.2) is 4.79 Å². The molecule has 1 aromatic rings. The molecule has 0 bridgehead atoms.